The number of aliphatic hydroxyl groups excluding tert-OH is 1. The Kier molecular flexibility index (Phi) is 6.68. The summed E-state index contributed by atoms with van der Waals surface area (Å²) in [6, 6.07) is 14.5. The third kappa shape index (κ3) is 5.02. The number of β-amino-alcohol motifs (C(OH)–C–C–N with tert-alkyl or cyclic N) is 1. The number of hydrogen-bond acceptors (Lipinski definition) is 7. The third-order valence-electron chi connectivity index (χ3n) is 6.75. The van der Waals surface area contributed by atoms with Crippen LogP contribution in [0.15, 0.2) is 46.9 Å². The van der Waals surface area contributed by atoms with Crippen molar-refractivity contribution < 1.29 is 14.3 Å². The number of piperidine rings is 1. The molecule has 1 fully saturated rings. The molecule has 1 saturated heterocycles. The number of aliphatic hydroxyl groups is 1. The molecule has 1 aliphatic rings. The number of ether oxygens (including phenoxy) is 1. The van der Waals surface area contributed by atoms with Gasteiger partial charge in [-0.05, 0) is 87.5 Å². The van der Waals surface area contributed by atoms with Crippen LogP contribution in [0.1, 0.15) is 40.5 Å². The van der Waals surface area contributed by atoms with Crippen molar-refractivity contribution in [2.24, 2.45) is 0 Å². The monoisotopic (exact) mass is 477 g/mol. The molecule has 1 N–H and O–H groups in total. The van der Waals surface area contributed by atoms with Crippen LogP contribution in [0, 0.1) is 20.8 Å². The molecule has 178 valence electrons. The minimum absolute atomic E-state index is 0.245. The van der Waals surface area contributed by atoms with Gasteiger partial charge in [-0.3, -0.25) is 0 Å². The van der Waals surface area contributed by atoms with Gasteiger partial charge in [-0.2, -0.15) is 0 Å². The summed E-state index contributed by atoms with van der Waals surface area (Å²) in [5.74, 6) is 2.00. The second-order valence-electron chi connectivity index (χ2n) is 9.29. The van der Waals surface area contributed by atoms with Crippen molar-refractivity contribution >= 4 is 22.3 Å². The van der Waals surface area contributed by atoms with Gasteiger partial charge in [0, 0.05) is 6.54 Å². The highest BCUT2D eigenvalue weighted by Gasteiger charge is 2.23. The standard InChI is InChI=1S/C27H31N3O3S/c1-17-7-8-21(13-18(17)2)20-9-11-30(12-10-20)15-22(31)16-32-24-5-4-6-25-23(24)14-26(33-25)27-29-28-19(3)34-27/h4-8,13-14,20,22,31H,9-12,15-16H2,1-3H3. The molecular weight excluding hydrogens is 446 g/mol. The summed E-state index contributed by atoms with van der Waals surface area (Å²) in [6.07, 6.45) is 1.70. The van der Waals surface area contributed by atoms with E-state index in [1.807, 2.05) is 31.2 Å². The Morgan fingerprint density at radius 1 is 1.09 bits per heavy atom. The molecule has 0 radical (unpaired) electrons. The largest absolute Gasteiger partial charge is 0.490 e. The van der Waals surface area contributed by atoms with Gasteiger partial charge >= 0.3 is 0 Å². The molecule has 0 bridgehead atoms. The number of benzene rings is 2. The normalized spacial score (nSPS) is 16.2. The smallest absolute Gasteiger partial charge is 0.183 e. The molecule has 34 heavy (non-hydrogen) atoms. The van der Waals surface area contributed by atoms with Crippen LogP contribution in [0.4, 0.5) is 0 Å². The highest BCUT2D eigenvalue weighted by atomic mass is 32.1. The van der Waals surface area contributed by atoms with Crippen molar-refractivity contribution in [2.75, 3.05) is 26.2 Å². The molecule has 0 saturated carbocycles. The van der Waals surface area contributed by atoms with Crippen molar-refractivity contribution in [3.8, 4) is 16.5 Å². The molecule has 7 heteroatoms. The number of likely N-dealkylation sites (tertiary alicyclic amines) is 1. The second kappa shape index (κ2) is 9.86. The van der Waals surface area contributed by atoms with Gasteiger partial charge in [0.1, 0.15) is 29.1 Å². The van der Waals surface area contributed by atoms with Crippen LogP contribution < -0.4 is 4.74 Å². The number of rotatable bonds is 7. The van der Waals surface area contributed by atoms with Gasteiger partial charge in [-0.1, -0.05) is 35.6 Å². The summed E-state index contributed by atoms with van der Waals surface area (Å²) >= 11 is 1.50. The predicted molar refractivity (Wildman–Crippen MR) is 136 cm³/mol. The fourth-order valence-electron chi connectivity index (χ4n) is 4.67. The summed E-state index contributed by atoms with van der Waals surface area (Å²) in [5, 5.41) is 21.4. The molecule has 3 heterocycles. The Morgan fingerprint density at radius 2 is 1.91 bits per heavy atom. The van der Waals surface area contributed by atoms with Crippen LogP contribution in [-0.2, 0) is 0 Å². The first-order chi connectivity index (χ1) is 16.5. The lowest BCUT2D eigenvalue weighted by atomic mass is 9.88. The zero-order valence-corrected chi connectivity index (χ0v) is 20.8. The third-order valence-corrected chi connectivity index (χ3v) is 7.60. The molecule has 0 spiro atoms. The zero-order chi connectivity index (χ0) is 23.7. The molecule has 1 atom stereocenters. The minimum atomic E-state index is -0.550. The molecule has 1 aliphatic heterocycles. The van der Waals surface area contributed by atoms with Gasteiger partial charge in [-0.15, -0.1) is 10.2 Å². The van der Waals surface area contributed by atoms with Crippen molar-refractivity contribution in [1.29, 1.82) is 0 Å². The van der Waals surface area contributed by atoms with Gasteiger partial charge in [0.2, 0.25) is 0 Å². The molecular formula is C27H31N3O3S. The maximum Gasteiger partial charge on any atom is 0.183 e. The van der Waals surface area contributed by atoms with Gasteiger partial charge in [0.15, 0.2) is 10.8 Å². The van der Waals surface area contributed by atoms with Crippen molar-refractivity contribution in [2.45, 2.75) is 45.6 Å². The van der Waals surface area contributed by atoms with Gasteiger partial charge in [0.25, 0.3) is 0 Å². The van der Waals surface area contributed by atoms with Crippen LogP contribution in [0.25, 0.3) is 21.7 Å². The number of fused-ring (bicyclic) bond motifs is 1. The molecule has 6 nitrogen and oxygen atoms in total. The van der Waals surface area contributed by atoms with Crippen molar-refractivity contribution in [1.82, 2.24) is 15.1 Å². The van der Waals surface area contributed by atoms with Crippen LogP contribution in [0.2, 0.25) is 0 Å². The topological polar surface area (TPSA) is 71.6 Å². The fraction of sp³-hybridized carbons (Fsp3) is 0.407. The Labute approximate surface area is 204 Å². The first-order valence-corrected chi connectivity index (χ1v) is 12.7. The Hall–Kier alpha value is -2.74. The molecule has 0 amide bonds. The maximum atomic E-state index is 10.7. The first-order valence-electron chi connectivity index (χ1n) is 11.9. The van der Waals surface area contributed by atoms with E-state index in [1.165, 1.54) is 28.0 Å². The average molecular weight is 478 g/mol. The zero-order valence-electron chi connectivity index (χ0n) is 20.0. The van der Waals surface area contributed by atoms with Crippen molar-refractivity contribution in [3.05, 3.63) is 64.2 Å². The van der Waals surface area contributed by atoms with Crippen LogP contribution in [-0.4, -0.2) is 52.5 Å². The number of nitrogens with zero attached hydrogens (tertiary/aromatic N) is 3. The first kappa shape index (κ1) is 23.0. The van der Waals surface area contributed by atoms with Gasteiger partial charge in [0.05, 0.1) is 5.39 Å². The van der Waals surface area contributed by atoms with Crippen LogP contribution in [0.5, 0.6) is 5.75 Å². The predicted octanol–water partition coefficient (Wildman–Crippen LogP) is 5.50. The van der Waals surface area contributed by atoms with Crippen LogP contribution >= 0.6 is 11.3 Å². The van der Waals surface area contributed by atoms with Gasteiger partial charge < -0.3 is 19.2 Å². The summed E-state index contributed by atoms with van der Waals surface area (Å²) in [4.78, 5) is 2.35. The van der Waals surface area contributed by atoms with Gasteiger partial charge in [-0.25, -0.2) is 0 Å². The highest BCUT2D eigenvalue weighted by Crippen LogP contribution is 2.34. The van der Waals surface area contributed by atoms with E-state index < -0.39 is 6.10 Å². The molecule has 0 aliphatic carbocycles. The molecule has 4 aromatic rings. The number of aryl methyl sites for hydroxylation is 3. The second-order valence-corrected chi connectivity index (χ2v) is 10.5. The van der Waals surface area contributed by atoms with E-state index in [0.717, 1.165) is 46.9 Å². The number of hydrogen-bond donors (Lipinski definition) is 1. The van der Waals surface area contributed by atoms with E-state index >= 15 is 0 Å². The lowest BCUT2D eigenvalue weighted by molar-refractivity contribution is 0.0599. The van der Waals surface area contributed by atoms with Crippen molar-refractivity contribution in [3.63, 3.8) is 0 Å². The van der Waals surface area contributed by atoms with Crippen LogP contribution in [0.3, 0.4) is 0 Å². The lowest BCUT2D eigenvalue weighted by Crippen LogP contribution is -2.40. The maximum absolute atomic E-state index is 10.7. The number of furan rings is 1. The summed E-state index contributed by atoms with van der Waals surface area (Å²) in [7, 11) is 0. The Bertz CT molecular complexity index is 1270. The quantitative estimate of drug-likeness (QED) is 0.379. The van der Waals surface area contributed by atoms with E-state index in [4.69, 9.17) is 9.15 Å². The van der Waals surface area contributed by atoms with E-state index in [0.29, 0.717) is 24.0 Å². The summed E-state index contributed by atoms with van der Waals surface area (Å²) in [6.45, 7) is 9.13. The Morgan fingerprint density at radius 3 is 2.65 bits per heavy atom. The minimum Gasteiger partial charge on any atom is -0.490 e. The fourth-order valence-corrected chi connectivity index (χ4v) is 5.31. The average Bonchev–Trinajstić information content (AvgIpc) is 3.46. The molecule has 2 aromatic heterocycles. The SMILES string of the molecule is Cc1nnc(-c2cc3c(OCC(O)CN4CCC(c5ccc(C)c(C)c5)CC4)cccc3o2)s1. The van der Waals surface area contributed by atoms with E-state index in [1.54, 1.807) is 0 Å². The van der Waals surface area contributed by atoms with E-state index in [-0.39, 0.29) is 6.61 Å². The lowest BCUT2D eigenvalue weighted by Gasteiger charge is -2.33. The summed E-state index contributed by atoms with van der Waals surface area (Å²) in [5.41, 5.74) is 4.90. The van der Waals surface area contributed by atoms with E-state index in [9.17, 15) is 5.11 Å². The number of aromatic nitrogens is 2. The van der Waals surface area contributed by atoms with E-state index in [2.05, 4.69) is 47.1 Å². The molecule has 2 aromatic carbocycles. The highest BCUT2D eigenvalue weighted by molar-refractivity contribution is 7.14. The molecule has 1 unspecified atom stereocenters. The molecule has 5 rings (SSSR count). The Balaban J connectivity index is 1.16. The summed E-state index contributed by atoms with van der Waals surface area (Å²) < 4.78 is 12.0.